The molecule has 2 aromatic carbocycles. The van der Waals surface area contributed by atoms with Crippen molar-refractivity contribution < 1.29 is 8.42 Å². The zero-order valence-electron chi connectivity index (χ0n) is 12.9. The maximum atomic E-state index is 11.5. The van der Waals surface area contributed by atoms with Crippen molar-refractivity contribution in [2.24, 2.45) is 0 Å². The van der Waals surface area contributed by atoms with Crippen LogP contribution in [0, 0.1) is 0 Å². The van der Waals surface area contributed by atoms with Gasteiger partial charge < -0.3 is 9.80 Å². The minimum absolute atomic E-state index is 0.369. The van der Waals surface area contributed by atoms with Gasteiger partial charge in [0.15, 0.2) is 9.84 Å². The molecule has 4 nitrogen and oxygen atoms in total. The van der Waals surface area contributed by atoms with E-state index < -0.39 is 9.84 Å². The number of nitrogens with zero attached hydrogens (tertiary/aromatic N) is 2. The quantitative estimate of drug-likeness (QED) is 0.801. The average Bonchev–Trinajstić information content (AvgIpc) is 2.54. The molecule has 0 aliphatic carbocycles. The van der Waals surface area contributed by atoms with Crippen LogP contribution >= 0.6 is 15.9 Å². The van der Waals surface area contributed by atoms with Gasteiger partial charge in [0.05, 0.1) is 4.90 Å². The Balaban J connectivity index is 1.67. The molecule has 23 heavy (non-hydrogen) atoms. The van der Waals surface area contributed by atoms with Gasteiger partial charge in [0, 0.05) is 48.3 Å². The van der Waals surface area contributed by atoms with Gasteiger partial charge in [0.25, 0.3) is 0 Å². The standard InChI is InChI=1S/C17H19BrN2O2S/c1-23(21,22)17-7-5-15(6-8-17)19-9-11-20(12-10-19)16-4-2-3-14(18)13-16/h2-8,13H,9-12H2,1H3. The zero-order chi connectivity index (χ0) is 16.4. The van der Waals surface area contributed by atoms with Crippen molar-refractivity contribution in [3.63, 3.8) is 0 Å². The molecule has 3 rings (SSSR count). The van der Waals surface area contributed by atoms with E-state index in [0.29, 0.717) is 4.90 Å². The third-order valence-electron chi connectivity index (χ3n) is 4.08. The Kier molecular flexibility index (Phi) is 4.64. The summed E-state index contributed by atoms with van der Waals surface area (Å²) in [7, 11) is -3.13. The van der Waals surface area contributed by atoms with Crippen molar-refractivity contribution in [2.75, 3.05) is 42.2 Å². The lowest BCUT2D eigenvalue weighted by Crippen LogP contribution is -2.46. The van der Waals surface area contributed by atoms with E-state index in [0.717, 1.165) is 36.3 Å². The van der Waals surface area contributed by atoms with Gasteiger partial charge >= 0.3 is 0 Å². The lowest BCUT2D eigenvalue weighted by molar-refractivity contribution is 0.602. The highest BCUT2D eigenvalue weighted by Gasteiger charge is 2.18. The smallest absolute Gasteiger partial charge is 0.175 e. The SMILES string of the molecule is CS(=O)(=O)c1ccc(N2CCN(c3cccc(Br)c3)CC2)cc1. The van der Waals surface area contributed by atoms with Gasteiger partial charge in [0.1, 0.15) is 0 Å². The molecule has 122 valence electrons. The number of anilines is 2. The highest BCUT2D eigenvalue weighted by Crippen LogP contribution is 2.24. The van der Waals surface area contributed by atoms with Crippen molar-refractivity contribution in [3.8, 4) is 0 Å². The summed E-state index contributed by atoms with van der Waals surface area (Å²) < 4.78 is 24.1. The first-order valence-corrected chi connectivity index (χ1v) is 10.2. The number of hydrogen-bond donors (Lipinski definition) is 0. The Morgan fingerprint density at radius 1 is 0.870 bits per heavy atom. The van der Waals surface area contributed by atoms with Crippen molar-refractivity contribution in [1.82, 2.24) is 0 Å². The first-order chi connectivity index (χ1) is 10.9. The average molecular weight is 395 g/mol. The predicted octanol–water partition coefficient (Wildman–Crippen LogP) is 3.18. The lowest BCUT2D eigenvalue weighted by Gasteiger charge is -2.37. The molecule has 0 saturated carbocycles. The van der Waals surface area contributed by atoms with Crippen molar-refractivity contribution in [1.29, 1.82) is 0 Å². The molecule has 0 amide bonds. The van der Waals surface area contributed by atoms with E-state index in [1.54, 1.807) is 12.1 Å². The van der Waals surface area contributed by atoms with Crippen LogP contribution in [0.2, 0.25) is 0 Å². The number of piperazine rings is 1. The molecule has 0 aromatic heterocycles. The molecule has 0 atom stereocenters. The van der Waals surface area contributed by atoms with Crippen molar-refractivity contribution in [2.45, 2.75) is 4.90 Å². The topological polar surface area (TPSA) is 40.6 Å². The van der Waals surface area contributed by atoms with Crippen LogP contribution in [0.15, 0.2) is 57.9 Å². The van der Waals surface area contributed by atoms with Crippen LogP contribution < -0.4 is 9.80 Å². The largest absolute Gasteiger partial charge is 0.368 e. The summed E-state index contributed by atoms with van der Waals surface area (Å²) in [6.45, 7) is 3.74. The Bertz CT molecular complexity index is 782. The first-order valence-electron chi connectivity index (χ1n) is 7.49. The maximum Gasteiger partial charge on any atom is 0.175 e. The van der Waals surface area contributed by atoms with Gasteiger partial charge in [-0.15, -0.1) is 0 Å². The summed E-state index contributed by atoms with van der Waals surface area (Å²) in [5.74, 6) is 0. The second-order valence-electron chi connectivity index (χ2n) is 5.72. The molecule has 6 heteroatoms. The van der Waals surface area contributed by atoms with E-state index in [1.807, 2.05) is 18.2 Å². The third-order valence-corrected chi connectivity index (χ3v) is 5.70. The van der Waals surface area contributed by atoms with Crippen LogP contribution in [-0.2, 0) is 9.84 Å². The van der Waals surface area contributed by atoms with Crippen LogP contribution in [0.5, 0.6) is 0 Å². The van der Waals surface area contributed by atoms with E-state index in [4.69, 9.17) is 0 Å². The fraction of sp³-hybridized carbons (Fsp3) is 0.294. The fourth-order valence-corrected chi connectivity index (χ4v) is 3.82. The minimum Gasteiger partial charge on any atom is -0.368 e. The molecule has 1 heterocycles. The van der Waals surface area contributed by atoms with Crippen LogP contribution in [0.1, 0.15) is 0 Å². The number of sulfone groups is 1. The molecule has 0 bridgehead atoms. The first kappa shape index (κ1) is 16.3. The van der Waals surface area contributed by atoms with E-state index in [9.17, 15) is 8.42 Å². The van der Waals surface area contributed by atoms with E-state index >= 15 is 0 Å². The van der Waals surface area contributed by atoms with Crippen LogP contribution in [-0.4, -0.2) is 40.9 Å². The molecule has 0 unspecified atom stereocenters. The van der Waals surface area contributed by atoms with Gasteiger partial charge in [-0.25, -0.2) is 8.42 Å². The molecule has 0 N–H and O–H groups in total. The summed E-state index contributed by atoms with van der Waals surface area (Å²) in [4.78, 5) is 5.03. The van der Waals surface area contributed by atoms with Crippen molar-refractivity contribution in [3.05, 3.63) is 53.0 Å². The zero-order valence-corrected chi connectivity index (χ0v) is 15.3. The summed E-state index contributed by atoms with van der Waals surface area (Å²) in [6.07, 6.45) is 1.23. The van der Waals surface area contributed by atoms with E-state index in [-0.39, 0.29) is 0 Å². The Labute approximate surface area is 145 Å². The molecule has 1 aliphatic heterocycles. The molecular formula is C17H19BrN2O2S. The highest BCUT2D eigenvalue weighted by molar-refractivity contribution is 9.10. The normalized spacial score (nSPS) is 15.7. The number of rotatable bonds is 3. The van der Waals surface area contributed by atoms with Gasteiger partial charge in [0.2, 0.25) is 0 Å². The summed E-state index contributed by atoms with van der Waals surface area (Å²) in [5.41, 5.74) is 2.30. The lowest BCUT2D eigenvalue weighted by atomic mass is 10.2. The molecule has 1 fully saturated rings. The molecule has 2 aromatic rings. The highest BCUT2D eigenvalue weighted by atomic mass is 79.9. The molecule has 1 saturated heterocycles. The second-order valence-corrected chi connectivity index (χ2v) is 8.65. The fourth-order valence-electron chi connectivity index (χ4n) is 2.80. The second kappa shape index (κ2) is 6.53. The Morgan fingerprint density at radius 2 is 1.43 bits per heavy atom. The van der Waals surface area contributed by atoms with Crippen LogP contribution in [0.25, 0.3) is 0 Å². The van der Waals surface area contributed by atoms with Gasteiger partial charge in [-0.05, 0) is 42.5 Å². The minimum atomic E-state index is -3.13. The Hall–Kier alpha value is -1.53. The third kappa shape index (κ3) is 3.87. The molecule has 0 spiro atoms. The number of benzene rings is 2. The van der Waals surface area contributed by atoms with Crippen LogP contribution in [0.3, 0.4) is 0 Å². The molecular weight excluding hydrogens is 376 g/mol. The van der Waals surface area contributed by atoms with Gasteiger partial charge in [-0.3, -0.25) is 0 Å². The number of hydrogen-bond acceptors (Lipinski definition) is 4. The maximum absolute atomic E-state index is 11.5. The summed E-state index contributed by atoms with van der Waals surface area (Å²) in [6, 6.07) is 15.5. The molecule has 0 radical (unpaired) electrons. The number of halogens is 1. The predicted molar refractivity (Wildman–Crippen MR) is 98.1 cm³/mol. The van der Waals surface area contributed by atoms with E-state index in [2.05, 4.69) is 43.9 Å². The molecule has 1 aliphatic rings. The Morgan fingerprint density at radius 3 is 1.96 bits per heavy atom. The van der Waals surface area contributed by atoms with E-state index in [1.165, 1.54) is 11.9 Å². The monoisotopic (exact) mass is 394 g/mol. The summed E-state index contributed by atoms with van der Waals surface area (Å²) in [5, 5.41) is 0. The summed E-state index contributed by atoms with van der Waals surface area (Å²) >= 11 is 3.51. The van der Waals surface area contributed by atoms with Gasteiger partial charge in [-0.1, -0.05) is 22.0 Å². The van der Waals surface area contributed by atoms with Crippen molar-refractivity contribution >= 4 is 37.1 Å². The van der Waals surface area contributed by atoms with Gasteiger partial charge in [-0.2, -0.15) is 0 Å². The van der Waals surface area contributed by atoms with Crippen LogP contribution in [0.4, 0.5) is 11.4 Å².